The minimum Gasteiger partial charge on any atom is -0.481 e. The van der Waals surface area contributed by atoms with Crippen LogP contribution < -0.4 is 4.74 Å². The second kappa shape index (κ2) is 4.75. The number of H-pyrrole nitrogens is 1. The predicted molar refractivity (Wildman–Crippen MR) is 78.5 cm³/mol. The van der Waals surface area contributed by atoms with Gasteiger partial charge in [0.15, 0.2) is 10.4 Å². The molecule has 0 aliphatic rings. The van der Waals surface area contributed by atoms with E-state index in [-0.39, 0.29) is 0 Å². The summed E-state index contributed by atoms with van der Waals surface area (Å²) < 4.78 is 9.61. The van der Waals surface area contributed by atoms with Gasteiger partial charge in [-0.25, -0.2) is 4.98 Å². The molecule has 3 aromatic heterocycles. The molecule has 0 aliphatic carbocycles. The molecule has 3 heterocycles. The minimum absolute atomic E-state index is 0.605. The Morgan fingerprint density at radius 1 is 1.40 bits per heavy atom. The van der Waals surface area contributed by atoms with E-state index >= 15 is 0 Å². The van der Waals surface area contributed by atoms with Crippen LogP contribution in [0.4, 0.5) is 0 Å². The molecular formula is C13H15N5OS. The van der Waals surface area contributed by atoms with Crippen LogP contribution in [0.2, 0.25) is 0 Å². The third-order valence-corrected chi connectivity index (χ3v) is 3.59. The van der Waals surface area contributed by atoms with Gasteiger partial charge < -0.3 is 9.72 Å². The van der Waals surface area contributed by atoms with Crippen molar-refractivity contribution in [2.24, 2.45) is 7.05 Å². The van der Waals surface area contributed by atoms with Crippen molar-refractivity contribution in [2.45, 2.75) is 13.5 Å². The lowest BCUT2D eigenvalue weighted by molar-refractivity contribution is 0.397. The van der Waals surface area contributed by atoms with E-state index in [2.05, 4.69) is 15.1 Å². The molecule has 0 amide bonds. The third kappa shape index (κ3) is 2.00. The molecule has 0 saturated carbocycles. The summed E-state index contributed by atoms with van der Waals surface area (Å²) >= 11 is 5.39. The molecule has 0 radical (unpaired) electrons. The lowest BCUT2D eigenvalue weighted by Crippen LogP contribution is -2.04. The Hall–Kier alpha value is -2.15. The SMILES string of the molecule is COc1ccc(Cn2c(=S)[nH]c3c(C)nn(C)c32)cn1. The Kier molecular flexibility index (Phi) is 3.06. The second-order valence-corrected chi connectivity index (χ2v) is 5.02. The monoisotopic (exact) mass is 289 g/mol. The fourth-order valence-corrected chi connectivity index (χ4v) is 2.58. The summed E-state index contributed by atoms with van der Waals surface area (Å²) in [6.45, 7) is 2.61. The number of rotatable bonds is 3. The van der Waals surface area contributed by atoms with Crippen molar-refractivity contribution >= 4 is 23.4 Å². The van der Waals surface area contributed by atoms with Gasteiger partial charge in [0.1, 0.15) is 5.52 Å². The molecule has 104 valence electrons. The normalized spacial score (nSPS) is 11.2. The average molecular weight is 289 g/mol. The van der Waals surface area contributed by atoms with E-state index in [1.165, 1.54) is 0 Å². The molecule has 7 heteroatoms. The number of fused-ring (bicyclic) bond motifs is 1. The molecule has 0 bridgehead atoms. The Labute approximate surface area is 121 Å². The zero-order valence-corrected chi connectivity index (χ0v) is 12.4. The standard InChI is InChI=1S/C13H15N5OS/c1-8-11-12(17(2)16-8)18(13(20)15-11)7-9-4-5-10(19-3)14-6-9/h4-6H,7H2,1-3H3,(H,15,20). The number of ether oxygens (including phenoxy) is 1. The average Bonchev–Trinajstić information content (AvgIpc) is 2.90. The molecule has 1 N–H and O–H groups in total. The summed E-state index contributed by atoms with van der Waals surface area (Å²) in [6, 6.07) is 3.83. The quantitative estimate of drug-likeness (QED) is 0.751. The molecule has 20 heavy (non-hydrogen) atoms. The first kappa shape index (κ1) is 12.9. The van der Waals surface area contributed by atoms with Gasteiger partial charge in [0.25, 0.3) is 0 Å². The first-order valence-corrected chi connectivity index (χ1v) is 6.62. The number of nitrogens with one attached hydrogen (secondary N) is 1. The number of hydrogen-bond acceptors (Lipinski definition) is 4. The van der Waals surface area contributed by atoms with Gasteiger partial charge >= 0.3 is 0 Å². The van der Waals surface area contributed by atoms with Gasteiger partial charge in [-0.2, -0.15) is 5.10 Å². The highest BCUT2D eigenvalue weighted by Gasteiger charge is 2.12. The third-order valence-electron chi connectivity index (χ3n) is 3.27. The van der Waals surface area contributed by atoms with Crippen molar-refractivity contribution in [3.63, 3.8) is 0 Å². The van der Waals surface area contributed by atoms with Gasteiger partial charge in [0.05, 0.1) is 19.3 Å². The number of hydrogen-bond donors (Lipinski definition) is 1. The molecule has 0 saturated heterocycles. The van der Waals surface area contributed by atoms with E-state index < -0.39 is 0 Å². The maximum atomic E-state index is 5.39. The molecule has 0 aromatic carbocycles. The highest BCUT2D eigenvalue weighted by atomic mass is 32.1. The van der Waals surface area contributed by atoms with Crippen LogP contribution in [0.3, 0.4) is 0 Å². The zero-order valence-electron chi connectivity index (χ0n) is 11.5. The van der Waals surface area contributed by atoms with E-state index in [9.17, 15) is 0 Å². The van der Waals surface area contributed by atoms with Crippen LogP contribution in [0, 0.1) is 11.7 Å². The van der Waals surface area contributed by atoms with Gasteiger partial charge in [-0.05, 0) is 24.7 Å². The number of pyridine rings is 1. The van der Waals surface area contributed by atoms with Crippen molar-refractivity contribution in [3.8, 4) is 5.88 Å². The van der Waals surface area contributed by atoms with Crippen molar-refractivity contribution in [1.82, 2.24) is 24.3 Å². The van der Waals surface area contributed by atoms with E-state index in [4.69, 9.17) is 17.0 Å². The number of nitrogens with zero attached hydrogens (tertiary/aromatic N) is 4. The predicted octanol–water partition coefficient (Wildman–Crippen LogP) is 2.19. The molecule has 0 atom stereocenters. The summed E-state index contributed by atoms with van der Waals surface area (Å²) in [5.41, 5.74) is 3.98. The Balaban J connectivity index is 2.05. The van der Waals surface area contributed by atoms with E-state index in [0.717, 1.165) is 22.4 Å². The fraction of sp³-hybridized carbons (Fsp3) is 0.308. The molecule has 0 spiro atoms. The number of methoxy groups -OCH3 is 1. The summed E-state index contributed by atoms with van der Waals surface area (Å²) in [7, 11) is 3.52. The van der Waals surface area contributed by atoms with Crippen LogP contribution in [0.15, 0.2) is 18.3 Å². The Morgan fingerprint density at radius 3 is 2.85 bits per heavy atom. The number of aromatic amines is 1. The van der Waals surface area contributed by atoms with Crippen LogP contribution >= 0.6 is 12.2 Å². The molecule has 3 aromatic rings. The first-order chi connectivity index (χ1) is 9.60. The molecule has 6 nitrogen and oxygen atoms in total. The number of aromatic nitrogens is 5. The van der Waals surface area contributed by atoms with Crippen LogP contribution in [0.25, 0.3) is 11.2 Å². The molecule has 0 fully saturated rings. The topological polar surface area (TPSA) is 60.7 Å². The molecule has 0 unspecified atom stereocenters. The van der Waals surface area contributed by atoms with Crippen molar-refractivity contribution < 1.29 is 4.74 Å². The van der Waals surface area contributed by atoms with Gasteiger partial charge in [-0.15, -0.1) is 0 Å². The maximum Gasteiger partial charge on any atom is 0.212 e. The maximum absolute atomic E-state index is 5.39. The van der Waals surface area contributed by atoms with Gasteiger partial charge in [-0.1, -0.05) is 6.07 Å². The van der Waals surface area contributed by atoms with Crippen LogP contribution in [0.1, 0.15) is 11.3 Å². The minimum atomic E-state index is 0.605. The van der Waals surface area contributed by atoms with Crippen LogP contribution in [-0.2, 0) is 13.6 Å². The Morgan fingerprint density at radius 2 is 2.20 bits per heavy atom. The van der Waals surface area contributed by atoms with Crippen LogP contribution in [0.5, 0.6) is 5.88 Å². The zero-order chi connectivity index (χ0) is 14.3. The lowest BCUT2D eigenvalue weighted by atomic mass is 10.3. The molecule has 0 aliphatic heterocycles. The molecular weight excluding hydrogens is 274 g/mol. The smallest absolute Gasteiger partial charge is 0.212 e. The van der Waals surface area contributed by atoms with E-state index in [1.54, 1.807) is 13.3 Å². The van der Waals surface area contributed by atoms with Crippen molar-refractivity contribution in [1.29, 1.82) is 0 Å². The van der Waals surface area contributed by atoms with E-state index in [1.807, 2.05) is 35.4 Å². The van der Waals surface area contributed by atoms with Gasteiger partial charge in [0.2, 0.25) is 5.88 Å². The van der Waals surface area contributed by atoms with Gasteiger partial charge in [0, 0.05) is 19.3 Å². The van der Waals surface area contributed by atoms with Crippen LogP contribution in [-0.4, -0.2) is 31.4 Å². The highest BCUT2D eigenvalue weighted by molar-refractivity contribution is 7.71. The fourth-order valence-electron chi connectivity index (χ4n) is 2.33. The molecule has 3 rings (SSSR count). The highest BCUT2D eigenvalue weighted by Crippen LogP contribution is 2.18. The summed E-state index contributed by atoms with van der Waals surface area (Å²) in [5.74, 6) is 0.605. The first-order valence-electron chi connectivity index (χ1n) is 6.21. The number of imidazole rings is 1. The van der Waals surface area contributed by atoms with Crippen molar-refractivity contribution in [2.75, 3.05) is 7.11 Å². The van der Waals surface area contributed by atoms with Gasteiger partial charge in [-0.3, -0.25) is 9.25 Å². The lowest BCUT2D eigenvalue weighted by Gasteiger charge is -2.05. The van der Waals surface area contributed by atoms with E-state index in [0.29, 0.717) is 17.2 Å². The summed E-state index contributed by atoms with van der Waals surface area (Å²) in [5, 5.41) is 4.40. The largest absolute Gasteiger partial charge is 0.481 e. The summed E-state index contributed by atoms with van der Waals surface area (Å²) in [6.07, 6.45) is 1.79. The second-order valence-electron chi connectivity index (χ2n) is 4.63. The number of aryl methyl sites for hydroxylation is 2. The Bertz CT molecular complexity index is 812. The van der Waals surface area contributed by atoms with Crippen molar-refractivity contribution in [3.05, 3.63) is 34.4 Å². The summed E-state index contributed by atoms with van der Waals surface area (Å²) in [4.78, 5) is 7.42.